The maximum atomic E-state index is 14.8. The Morgan fingerprint density at radius 2 is 2.03 bits per heavy atom. The van der Waals surface area contributed by atoms with Crippen LogP contribution in [0.15, 0.2) is 38.4 Å². The molecule has 3 N–H and O–H groups in total. The third kappa shape index (κ3) is 4.96. The zero-order valence-electron chi connectivity index (χ0n) is 18.3. The summed E-state index contributed by atoms with van der Waals surface area (Å²) in [6.07, 6.45) is 0. The zero-order chi connectivity index (χ0) is 24.5. The molecule has 1 heterocycles. The van der Waals surface area contributed by atoms with E-state index in [9.17, 15) is 22.7 Å². The Hall–Kier alpha value is -2.73. The number of aliphatic hydroxyl groups is 1. The Morgan fingerprint density at radius 3 is 2.61 bits per heavy atom. The number of ether oxygens (including phenoxy) is 1. The monoisotopic (exact) mass is 499 g/mol. The van der Waals surface area contributed by atoms with Gasteiger partial charge in [0.15, 0.2) is 0 Å². The molecule has 1 aromatic heterocycles. The van der Waals surface area contributed by atoms with Crippen LogP contribution in [-0.2, 0) is 16.6 Å². The number of nitrogens with zero attached hydrogens (tertiary/aromatic N) is 1. The van der Waals surface area contributed by atoms with Crippen molar-refractivity contribution in [2.45, 2.75) is 44.2 Å². The molecule has 0 radical (unpaired) electrons. The third-order valence-electron chi connectivity index (χ3n) is 5.45. The summed E-state index contributed by atoms with van der Waals surface area (Å²) >= 11 is 6.00. The molecule has 0 saturated carbocycles. The van der Waals surface area contributed by atoms with E-state index in [-0.39, 0.29) is 32.7 Å². The topological polar surface area (TPSA) is 135 Å². The number of H-pyrrole nitrogens is 1. The van der Waals surface area contributed by atoms with E-state index in [0.717, 1.165) is 5.56 Å². The number of aromatic amines is 1. The van der Waals surface area contributed by atoms with E-state index in [1.54, 1.807) is 26.8 Å². The summed E-state index contributed by atoms with van der Waals surface area (Å²) in [6.45, 7) is 4.45. The lowest BCUT2D eigenvalue weighted by Crippen LogP contribution is -2.33. The van der Waals surface area contributed by atoms with Crippen molar-refractivity contribution in [3.8, 4) is 5.75 Å². The number of methoxy groups -OCH3 is 1. The fourth-order valence-electron chi connectivity index (χ4n) is 3.69. The summed E-state index contributed by atoms with van der Waals surface area (Å²) in [5.41, 5.74) is 1.63. The van der Waals surface area contributed by atoms with Crippen molar-refractivity contribution in [2.75, 3.05) is 7.11 Å². The van der Waals surface area contributed by atoms with Crippen LogP contribution in [-0.4, -0.2) is 30.8 Å². The highest BCUT2D eigenvalue weighted by Gasteiger charge is 2.35. The smallest absolute Gasteiger partial charge is 0.434 e. The molecule has 1 unspecified atom stereocenters. The SMILES string of the molecule is COc1cc(Cl)cc(CO)c1S(=O)(=O)N[C@H](c1n[nH]c(=O)o1)C(C)c1c(F)ccc(C)c1C. The Morgan fingerprint density at radius 1 is 1.33 bits per heavy atom. The molecule has 178 valence electrons. The van der Waals surface area contributed by atoms with Gasteiger partial charge in [0.1, 0.15) is 22.5 Å². The van der Waals surface area contributed by atoms with Crippen LogP contribution in [0.1, 0.15) is 47.0 Å². The standard InChI is InChI=1S/C21H23ClFN3O6S/c1-10-5-6-15(23)17(11(10)2)12(3)18(20-24-25-21(28)32-20)26-33(29,30)19-13(9-27)7-14(22)8-16(19)31-4/h5-8,12,18,26-27H,9H2,1-4H3,(H,25,28)/t12?,18-/m0/s1. The van der Waals surface area contributed by atoms with Gasteiger partial charge < -0.3 is 14.3 Å². The third-order valence-corrected chi connectivity index (χ3v) is 7.23. The molecule has 12 heteroatoms. The van der Waals surface area contributed by atoms with Gasteiger partial charge in [-0.3, -0.25) is 0 Å². The van der Waals surface area contributed by atoms with E-state index < -0.39 is 40.2 Å². The van der Waals surface area contributed by atoms with E-state index in [1.807, 2.05) is 0 Å². The zero-order valence-corrected chi connectivity index (χ0v) is 19.8. The van der Waals surface area contributed by atoms with E-state index >= 15 is 0 Å². The van der Waals surface area contributed by atoms with Crippen molar-refractivity contribution in [3.05, 3.63) is 73.8 Å². The van der Waals surface area contributed by atoms with Gasteiger partial charge in [0, 0.05) is 22.6 Å². The first kappa shape index (κ1) is 24.9. The second kappa shape index (κ2) is 9.64. The molecule has 3 rings (SSSR count). The summed E-state index contributed by atoms with van der Waals surface area (Å²) in [5, 5.41) is 15.8. The molecule has 2 aromatic carbocycles. The van der Waals surface area contributed by atoms with Gasteiger partial charge >= 0.3 is 5.76 Å². The fourth-order valence-corrected chi connectivity index (χ4v) is 5.56. The molecule has 0 saturated heterocycles. The highest BCUT2D eigenvalue weighted by Crippen LogP contribution is 2.37. The highest BCUT2D eigenvalue weighted by molar-refractivity contribution is 7.89. The second-order valence-corrected chi connectivity index (χ2v) is 9.58. The van der Waals surface area contributed by atoms with E-state index in [1.165, 1.54) is 25.3 Å². The van der Waals surface area contributed by atoms with E-state index in [4.69, 9.17) is 20.8 Å². The van der Waals surface area contributed by atoms with Crippen LogP contribution in [0.2, 0.25) is 5.02 Å². The predicted molar refractivity (Wildman–Crippen MR) is 118 cm³/mol. The average molecular weight is 500 g/mol. The molecule has 3 aromatic rings. The fraction of sp³-hybridized carbons (Fsp3) is 0.333. The first-order chi connectivity index (χ1) is 15.5. The average Bonchev–Trinajstić information content (AvgIpc) is 3.19. The number of aliphatic hydroxyl groups excluding tert-OH is 1. The number of rotatable bonds is 8. The van der Waals surface area contributed by atoms with Gasteiger partial charge in [0.2, 0.25) is 15.9 Å². The van der Waals surface area contributed by atoms with Gasteiger partial charge in [-0.25, -0.2) is 22.7 Å². The minimum absolute atomic E-state index is 0.0142. The van der Waals surface area contributed by atoms with E-state index in [2.05, 4.69) is 14.9 Å². The number of aryl methyl sites for hydroxylation is 1. The van der Waals surface area contributed by atoms with Gasteiger partial charge in [0.25, 0.3) is 0 Å². The van der Waals surface area contributed by atoms with Crippen molar-refractivity contribution in [1.29, 1.82) is 0 Å². The maximum absolute atomic E-state index is 14.8. The Balaban J connectivity index is 2.17. The van der Waals surface area contributed by atoms with Crippen molar-refractivity contribution < 1.29 is 27.1 Å². The molecule has 0 aliphatic rings. The molecule has 33 heavy (non-hydrogen) atoms. The summed E-state index contributed by atoms with van der Waals surface area (Å²) in [4.78, 5) is 11.3. The molecule has 0 fully saturated rings. The van der Waals surface area contributed by atoms with Crippen molar-refractivity contribution >= 4 is 21.6 Å². The number of aromatic nitrogens is 2. The number of nitrogens with one attached hydrogen (secondary N) is 2. The largest absolute Gasteiger partial charge is 0.495 e. The second-order valence-electron chi connectivity index (χ2n) is 7.50. The van der Waals surface area contributed by atoms with Crippen LogP contribution >= 0.6 is 11.6 Å². The maximum Gasteiger partial charge on any atom is 0.434 e. The van der Waals surface area contributed by atoms with Crippen LogP contribution in [0, 0.1) is 19.7 Å². The Bertz CT molecular complexity index is 1310. The predicted octanol–water partition coefficient (Wildman–Crippen LogP) is 3.10. The van der Waals surface area contributed by atoms with Crippen molar-refractivity contribution in [3.63, 3.8) is 0 Å². The minimum atomic E-state index is -4.42. The molecule has 2 atom stereocenters. The highest BCUT2D eigenvalue weighted by atomic mass is 35.5. The number of hydrogen-bond donors (Lipinski definition) is 3. The number of benzene rings is 2. The summed E-state index contributed by atoms with van der Waals surface area (Å²) in [7, 11) is -3.17. The number of halogens is 2. The van der Waals surface area contributed by atoms with Crippen LogP contribution in [0.3, 0.4) is 0 Å². The summed E-state index contributed by atoms with van der Waals surface area (Å²) < 4.78 is 54.4. The lowest BCUT2D eigenvalue weighted by atomic mass is 9.88. The van der Waals surface area contributed by atoms with E-state index in [0.29, 0.717) is 5.56 Å². The van der Waals surface area contributed by atoms with Crippen LogP contribution in [0.4, 0.5) is 4.39 Å². The lowest BCUT2D eigenvalue weighted by Gasteiger charge is -2.25. The van der Waals surface area contributed by atoms with Crippen LogP contribution in [0.25, 0.3) is 0 Å². The molecule has 0 aliphatic carbocycles. The first-order valence-corrected chi connectivity index (χ1v) is 11.7. The van der Waals surface area contributed by atoms with Gasteiger partial charge in [-0.05, 0) is 42.7 Å². The molecule has 0 amide bonds. The van der Waals surface area contributed by atoms with Gasteiger partial charge in [-0.15, -0.1) is 5.10 Å². The van der Waals surface area contributed by atoms with Crippen LogP contribution < -0.4 is 15.2 Å². The number of sulfonamides is 1. The lowest BCUT2D eigenvalue weighted by molar-refractivity contribution is 0.276. The summed E-state index contributed by atoms with van der Waals surface area (Å²) in [6, 6.07) is 4.19. The van der Waals surface area contributed by atoms with Gasteiger partial charge in [0.05, 0.1) is 13.7 Å². The Labute approximate surface area is 194 Å². The molecule has 9 nitrogen and oxygen atoms in total. The first-order valence-electron chi connectivity index (χ1n) is 9.80. The molecule has 0 bridgehead atoms. The molecule has 0 spiro atoms. The summed E-state index contributed by atoms with van der Waals surface area (Å²) in [5.74, 6) is -2.68. The van der Waals surface area contributed by atoms with Crippen LogP contribution in [0.5, 0.6) is 5.75 Å². The van der Waals surface area contributed by atoms with Crippen molar-refractivity contribution in [1.82, 2.24) is 14.9 Å². The van der Waals surface area contributed by atoms with Crippen molar-refractivity contribution in [2.24, 2.45) is 0 Å². The quantitative estimate of drug-likeness (QED) is 0.433. The Kier molecular flexibility index (Phi) is 7.27. The minimum Gasteiger partial charge on any atom is -0.495 e. The molecular formula is C21H23ClFN3O6S. The normalized spacial score (nSPS) is 13.7. The molecule has 0 aliphatic heterocycles. The van der Waals surface area contributed by atoms with Gasteiger partial charge in [-0.1, -0.05) is 24.6 Å². The van der Waals surface area contributed by atoms with Gasteiger partial charge in [-0.2, -0.15) is 4.72 Å². The molecular weight excluding hydrogens is 477 g/mol. The number of hydrogen-bond acceptors (Lipinski definition) is 7.